The Balaban J connectivity index is 1.41. The van der Waals surface area contributed by atoms with Crippen LogP contribution in [0.2, 0.25) is 0 Å². The van der Waals surface area contributed by atoms with Gasteiger partial charge in [-0.1, -0.05) is 29.3 Å². The first-order chi connectivity index (χ1) is 12.0. The standard InChI is InChI=1S/C21H30N2O2/c1-16-10-17(2)12-18(11-16)14-22-8-6-21(15-22)13-19(5-9-25-21)23-7-3-4-20(23)24/h10-12,19H,3-9,13-15H2,1-2H3/t19-,21+/m1/s1. The molecular weight excluding hydrogens is 312 g/mol. The third kappa shape index (κ3) is 3.61. The monoisotopic (exact) mass is 342 g/mol. The quantitative estimate of drug-likeness (QED) is 0.846. The highest BCUT2D eigenvalue weighted by Crippen LogP contribution is 2.37. The fourth-order valence-corrected chi connectivity index (χ4v) is 5.09. The van der Waals surface area contributed by atoms with Gasteiger partial charge in [0.05, 0.1) is 5.60 Å². The Bertz CT molecular complexity index is 639. The van der Waals surface area contributed by atoms with E-state index in [1.165, 1.54) is 16.7 Å². The van der Waals surface area contributed by atoms with Crippen molar-refractivity contribution in [3.63, 3.8) is 0 Å². The highest BCUT2D eigenvalue weighted by Gasteiger charge is 2.45. The van der Waals surface area contributed by atoms with Crippen LogP contribution in [-0.4, -0.2) is 53.6 Å². The number of rotatable bonds is 3. The van der Waals surface area contributed by atoms with Crippen LogP contribution in [0.25, 0.3) is 0 Å². The Hall–Kier alpha value is -1.39. The Morgan fingerprint density at radius 3 is 2.72 bits per heavy atom. The minimum absolute atomic E-state index is 0.0370. The van der Waals surface area contributed by atoms with Crippen molar-refractivity contribution in [2.75, 3.05) is 26.2 Å². The van der Waals surface area contributed by atoms with Crippen molar-refractivity contribution in [3.8, 4) is 0 Å². The van der Waals surface area contributed by atoms with Crippen molar-refractivity contribution in [3.05, 3.63) is 34.9 Å². The second-order valence-corrected chi connectivity index (χ2v) is 8.33. The Morgan fingerprint density at radius 2 is 2.00 bits per heavy atom. The first-order valence-electron chi connectivity index (χ1n) is 9.76. The van der Waals surface area contributed by atoms with Crippen LogP contribution in [0.5, 0.6) is 0 Å². The minimum Gasteiger partial charge on any atom is -0.373 e. The van der Waals surface area contributed by atoms with Crippen molar-refractivity contribution < 1.29 is 9.53 Å². The van der Waals surface area contributed by atoms with Gasteiger partial charge in [-0.2, -0.15) is 0 Å². The molecule has 0 saturated carbocycles. The molecule has 0 aliphatic carbocycles. The second-order valence-electron chi connectivity index (χ2n) is 8.33. The Morgan fingerprint density at radius 1 is 1.20 bits per heavy atom. The summed E-state index contributed by atoms with van der Waals surface area (Å²) in [6, 6.07) is 7.22. The molecule has 1 aromatic rings. The molecule has 4 nitrogen and oxygen atoms in total. The first-order valence-corrected chi connectivity index (χ1v) is 9.76. The SMILES string of the molecule is Cc1cc(C)cc(CN2CC[C@]3(C[C@H](N4CCCC4=O)CCO3)C2)c1. The molecule has 0 radical (unpaired) electrons. The van der Waals surface area contributed by atoms with Gasteiger partial charge in [-0.3, -0.25) is 9.69 Å². The smallest absolute Gasteiger partial charge is 0.222 e. The van der Waals surface area contributed by atoms with Crippen LogP contribution in [0.4, 0.5) is 0 Å². The molecule has 4 heteroatoms. The van der Waals surface area contributed by atoms with E-state index < -0.39 is 0 Å². The molecule has 4 rings (SSSR count). The molecule has 0 bridgehead atoms. The van der Waals surface area contributed by atoms with Crippen LogP contribution >= 0.6 is 0 Å². The molecule has 3 heterocycles. The fourth-order valence-electron chi connectivity index (χ4n) is 5.09. The highest BCUT2D eigenvalue weighted by atomic mass is 16.5. The van der Waals surface area contributed by atoms with Crippen LogP contribution in [0, 0.1) is 13.8 Å². The molecule has 0 unspecified atom stereocenters. The summed E-state index contributed by atoms with van der Waals surface area (Å²) in [4.78, 5) is 16.8. The lowest BCUT2D eigenvalue weighted by atomic mass is 9.89. The maximum Gasteiger partial charge on any atom is 0.222 e. The van der Waals surface area contributed by atoms with Gasteiger partial charge in [0.15, 0.2) is 0 Å². The maximum absolute atomic E-state index is 12.1. The molecule has 3 saturated heterocycles. The number of amides is 1. The van der Waals surface area contributed by atoms with E-state index in [1.54, 1.807) is 0 Å². The summed E-state index contributed by atoms with van der Waals surface area (Å²) in [7, 11) is 0. The van der Waals surface area contributed by atoms with Gasteiger partial charge in [0.2, 0.25) is 5.91 Å². The van der Waals surface area contributed by atoms with Crippen molar-refractivity contribution in [2.24, 2.45) is 0 Å². The van der Waals surface area contributed by atoms with Crippen molar-refractivity contribution in [1.82, 2.24) is 9.80 Å². The van der Waals surface area contributed by atoms with Gasteiger partial charge in [-0.25, -0.2) is 0 Å². The van der Waals surface area contributed by atoms with Gasteiger partial charge >= 0.3 is 0 Å². The number of benzene rings is 1. The lowest BCUT2D eigenvalue weighted by Gasteiger charge is -2.41. The summed E-state index contributed by atoms with van der Waals surface area (Å²) < 4.78 is 6.29. The van der Waals surface area contributed by atoms with E-state index in [9.17, 15) is 4.79 Å². The van der Waals surface area contributed by atoms with E-state index in [1.807, 2.05) is 0 Å². The fraction of sp³-hybridized carbons (Fsp3) is 0.667. The predicted octanol–water partition coefficient (Wildman–Crippen LogP) is 3.05. The number of carbonyl (C=O) groups is 1. The molecular formula is C21H30N2O2. The maximum atomic E-state index is 12.1. The number of carbonyl (C=O) groups excluding carboxylic acids is 1. The largest absolute Gasteiger partial charge is 0.373 e. The van der Waals surface area contributed by atoms with E-state index in [-0.39, 0.29) is 5.60 Å². The van der Waals surface area contributed by atoms with E-state index in [0.29, 0.717) is 11.9 Å². The molecule has 2 atom stereocenters. The van der Waals surface area contributed by atoms with Crippen LogP contribution in [0.1, 0.15) is 48.8 Å². The third-order valence-corrected chi connectivity index (χ3v) is 6.10. The number of nitrogens with zero attached hydrogens (tertiary/aromatic N) is 2. The summed E-state index contributed by atoms with van der Waals surface area (Å²) in [5, 5.41) is 0. The van der Waals surface area contributed by atoms with Gasteiger partial charge in [-0.05, 0) is 45.1 Å². The molecule has 3 aliphatic heterocycles. The average molecular weight is 342 g/mol. The number of likely N-dealkylation sites (tertiary alicyclic amines) is 2. The van der Waals surface area contributed by atoms with Crippen LogP contribution in [0.15, 0.2) is 18.2 Å². The zero-order valence-corrected chi connectivity index (χ0v) is 15.6. The van der Waals surface area contributed by atoms with Crippen molar-refractivity contribution in [2.45, 2.75) is 64.1 Å². The lowest BCUT2D eigenvalue weighted by molar-refractivity contribution is -0.137. The van der Waals surface area contributed by atoms with Gasteiger partial charge in [-0.15, -0.1) is 0 Å². The molecule has 1 aromatic carbocycles. The zero-order chi connectivity index (χ0) is 17.4. The number of aryl methyl sites for hydroxylation is 2. The summed E-state index contributed by atoms with van der Waals surface area (Å²) >= 11 is 0. The van der Waals surface area contributed by atoms with Gasteiger partial charge < -0.3 is 9.64 Å². The van der Waals surface area contributed by atoms with E-state index in [2.05, 4.69) is 41.8 Å². The minimum atomic E-state index is -0.0370. The topological polar surface area (TPSA) is 32.8 Å². The summed E-state index contributed by atoms with van der Waals surface area (Å²) in [5.41, 5.74) is 4.04. The van der Waals surface area contributed by atoms with Crippen LogP contribution in [-0.2, 0) is 16.1 Å². The summed E-state index contributed by atoms with van der Waals surface area (Å²) in [6.45, 7) is 9.18. The summed E-state index contributed by atoms with van der Waals surface area (Å²) in [5.74, 6) is 0.354. The van der Waals surface area contributed by atoms with Gasteiger partial charge in [0, 0.05) is 45.2 Å². The molecule has 3 aliphatic rings. The third-order valence-electron chi connectivity index (χ3n) is 6.10. The van der Waals surface area contributed by atoms with E-state index in [4.69, 9.17) is 4.74 Å². The van der Waals surface area contributed by atoms with Crippen molar-refractivity contribution >= 4 is 5.91 Å². The molecule has 136 valence electrons. The second kappa shape index (κ2) is 6.73. The average Bonchev–Trinajstić information content (AvgIpc) is 3.13. The Kier molecular flexibility index (Phi) is 4.59. The highest BCUT2D eigenvalue weighted by molar-refractivity contribution is 5.78. The van der Waals surface area contributed by atoms with E-state index in [0.717, 1.165) is 64.9 Å². The van der Waals surface area contributed by atoms with Crippen molar-refractivity contribution in [1.29, 1.82) is 0 Å². The predicted molar refractivity (Wildman–Crippen MR) is 98.5 cm³/mol. The van der Waals surface area contributed by atoms with Crippen LogP contribution < -0.4 is 0 Å². The zero-order valence-electron chi connectivity index (χ0n) is 15.6. The molecule has 0 aromatic heterocycles. The van der Waals surface area contributed by atoms with Gasteiger partial charge in [0.1, 0.15) is 0 Å². The first kappa shape index (κ1) is 17.0. The van der Waals surface area contributed by atoms with Gasteiger partial charge in [0.25, 0.3) is 0 Å². The number of hydrogen-bond donors (Lipinski definition) is 0. The molecule has 3 fully saturated rings. The van der Waals surface area contributed by atoms with E-state index >= 15 is 0 Å². The lowest BCUT2D eigenvalue weighted by Crippen LogP contribution is -2.50. The number of hydrogen-bond acceptors (Lipinski definition) is 3. The molecule has 1 amide bonds. The molecule has 25 heavy (non-hydrogen) atoms. The summed E-state index contributed by atoms with van der Waals surface area (Å²) in [6.07, 6.45) is 4.88. The number of ether oxygens (including phenoxy) is 1. The molecule has 0 N–H and O–H groups in total. The Labute approximate surface area is 151 Å². The molecule has 1 spiro atoms. The van der Waals surface area contributed by atoms with Crippen LogP contribution in [0.3, 0.4) is 0 Å². The normalized spacial score (nSPS) is 30.6.